The number of hydrogen-bond donors (Lipinski definition) is 2. The number of para-hydroxylation sites is 1. The molecule has 0 aliphatic heterocycles. The molecule has 1 aromatic rings. The van der Waals surface area contributed by atoms with Gasteiger partial charge in [-0.05, 0) is 32.3 Å². The van der Waals surface area contributed by atoms with E-state index in [2.05, 4.69) is 28.6 Å². The Hall–Kier alpha value is -1.75. The van der Waals surface area contributed by atoms with Crippen LogP contribution in [0.2, 0.25) is 0 Å². The maximum absolute atomic E-state index is 6.04. The van der Waals surface area contributed by atoms with Gasteiger partial charge in [0.15, 0.2) is 5.96 Å². The summed E-state index contributed by atoms with van der Waals surface area (Å²) >= 11 is 0. The Kier molecular flexibility index (Phi) is 7.03. The summed E-state index contributed by atoms with van der Waals surface area (Å²) < 4.78 is 11.1. The Bertz CT molecular complexity index is 473. The highest BCUT2D eigenvalue weighted by atomic mass is 16.5. The van der Waals surface area contributed by atoms with Crippen LogP contribution in [-0.2, 0) is 11.3 Å². The molecule has 0 aromatic heterocycles. The van der Waals surface area contributed by atoms with E-state index >= 15 is 0 Å². The molecule has 1 aliphatic rings. The molecule has 0 spiro atoms. The number of nitrogens with one attached hydrogen (secondary N) is 2. The minimum absolute atomic E-state index is 0.387. The molecule has 1 aliphatic carbocycles. The van der Waals surface area contributed by atoms with Gasteiger partial charge in [0.1, 0.15) is 5.75 Å². The number of hydrogen-bond acceptors (Lipinski definition) is 3. The van der Waals surface area contributed by atoms with Crippen LogP contribution in [0.25, 0.3) is 0 Å². The van der Waals surface area contributed by atoms with Gasteiger partial charge in [-0.25, -0.2) is 4.99 Å². The van der Waals surface area contributed by atoms with Crippen LogP contribution in [-0.4, -0.2) is 38.9 Å². The van der Waals surface area contributed by atoms with Gasteiger partial charge in [-0.3, -0.25) is 0 Å². The van der Waals surface area contributed by atoms with Gasteiger partial charge < -0.3 is 20.1 Å². The van der Waals surface area contributed by atoms with Crippen LogP contribution >= 0.6 is 0 Å². The number of ether oxygens (including phenoxy) is 2. The third-order valence-electron chi connectivity index (χ3n) is 3.67. The topological polar surface area (TPSA) is 54.9 Å². The van der Waals surface area contributed by atoms with E-state index in [9.17, 15) is 0 Å². The highest BCUT2D eigenvalue weighted by molar-refractivity contribution is 5.79. The summed E-state index contributed by atoms with van der Waals surface area (Å²) in [5.41, 5.74) is 1.12. The number of aliphatic imine (C=N–C) groups is 1. The van der Waals surface area contributed by atoms with Gasteiger partial charge in [-0.15, -0.1) is 0 Å². The molecular weight excluding hydrogens is 278 g/mol. The van der Waals surface area contributed by atoms with Crippen molar-refractivity contribution in [2.24, 2.45) is 4.99 Å². The van der Waals surface area contributed by atoms with Crippen LogP contribution in [0, 0.1) is 0 Å². The summed E-state index contributed by atoms with van der Waals surface area (Å²) in [5, 5.41) is 6.48. The summed E-state index contributed by atoms with van der Waals surface area (Å²) in [5.74, 6) is 1.77. The quantitative estimate of drug-likeness (QED) is 0.440. The lowest BCUT2D eigenvalue weighted by Gasteiger charge is -2.27. The minimum atomic E-state index is 0.387. The molecule has 0 bridgehead atoms. The van der Waals surface area contributed by atoms with E-state index in [1.165, 1.54) is 19.3 Å². The number of nitrogens with zero attached hydrogens (tertiary/aromatic N) is 1. The van der Waals surface area contributed by atoms with Crippen molar-refractivity contribution in [3.8, 4) is 5.75 Å². The molecule has 1 aromatic carbocycles. The molecule has 0 radical (unpaired) electrons. The van der Waals surface area contributed by atoms with Gasteiger partial charge >= 0.3 is 0 Å². The second kappa shape index (κ2) is 9.30. The molecule has 22 heavy (non-hydrogen) atoms. The van der Waals surface area contributed by atoms with Crippen LogP contribution < -0.4 is 15.4 Å². The molecular formula is C17H27N3O2. The van der Waals surface area contributed by atoms with E-state index in [-0.39, 0.29) is 0 Å². The Balaban J connectivity index is 1.95. The zero-order valence-corrected chi connectivity index (χ0v) is 13.6. The molecule has 122 valence electrons. The number of methoxy groups -OCH3 is 1. The second-order valence-electron chi connectivity index (χ2n) is 5.39. The molecule has 0 saturated heterocycles. The standard InChI is InChI=1S/C17H27N3O2/c1-3-18-17(19-11-12-21-2)20-13-14-7-4-5-10-16(14)22-15-8-6-9-15/h4-5,7,10,15H,3,6,8-9,11-13H2,1-2H3,(H2,18,19,20). The number of guanidine groups is 1. The van der Waals surface area contributed by atoms with Crippen LogP contribution in [0.15, 0.2) is 29.3 Å². The van der Waals surface area contributed by atoms with Crippen molar-refractivity contribution in [3.63, 3.8) is 0 Å². The van der Waals surface area contributed by atoms with E-state index < -0.39 is 0 Å². The molecule has 2 rings (SSSR count). The van der Waals surface area contributed by atoms with Crippen molar-refractivity contribution in [2.75, 3.05) is 26.8 Å². The Morgan fingerprint density at radius 1 is 1.27 bits per heavy atom. The summed E-state index contributed by atoms with van der Waals surface area (Å²) in [6, 6.07) is 8.16. The van der Waals surface area contributed by atoms with Gasteiger partial charge in [0.05, 0.1) is 19.3 Å². The van der Waals surface area contributed by atoms with E-state index in [4.69, 9.17) is 9.47 Å². The van der Waals surface area contributed by atoms with Crippen molar-refractivity contribution >= 4 is 5.96 Å². The van der Waals surface area contributed by atoms with Gasteiger partial charge in [0.25, 0.3) is 0 Å². The van der Waals surface area contributed by atoms with Crippen LogP contribution in [0.3, 0.4) is 0 Å². The second-order valence-corrected chi connectivity index (χ2v) is 5.39. The molecule has 2 N–H and O–H groups in total. The van der Waals surface area contributed by atoms with Crippen LogP contribution in [0.1, 0.15) is 31.7 Å². The van der Waals surface area contributed by atoms with Crippen molar-refractivity contribution in [3.05, 3.63) is 29.8 Å². The maximum Gasteiger partial charge on any atom is 0.191 e. The van der Waals surface area contributed by atoms with Gasteiger partial charge in [-0.1, -0.05) is 18.2 Å². The third kappa shape index (κ3) is 5.22. The van der Waals surface area contributed by atoms with Gasteiger partial charge in [-0.2, -0.15) is 0 Å². The monoisotopic (exact) mass is 305 g/mol. The fraction of sp³-hybridized carbons (Fsp3) is 0.588. The summed E-state index contributed by atoms with van der Waals surface area (Å²) in [7, 11) is 1.69. The first kappa shape index (κ1) is 16.6. The summed E-state index contributed by atoms with van der Waals surface area (Å²) in [4.78, 5) is 4.63. The highest BCUT2D eigenvalue weighted by Gasteiger charge is 2.20. The average molecular weight is 305 g/mol. The van der Waals surface area contributed by atoms with Gasteiger partial charge in [0, 0.05) is 25.8 Å². The Morgan fingerprint density at radius 3 is 2.77 bits per heavy atom. The molecule has 0 unspecified atom stereocenters. The smallest absolute Gasteiger partial charge is 0.191 e. The molecule has 5 heteroatoms. The third-order valence-corrected chi connectivity index (χ3v) is 3.67. The molecule has 1 saturated carbocycles. The SMILES string of the molecule is CCNC(=NCc1ccccc1OC1CCC1)NCCOC. The zero-order valence-electron chi connectivity index (χ0n) is 13.6. The van der Waals surface area contributed by atoms with Crippen LogP contribution in [0.5, 0.6) is 5.75 Å². The van der Waals surface area contributed by atoms with E-state index in [0.29, 0.717) is 19.3 Å². The fourth-order valence-electron chi connectivity index (χ4n) is 2.20. The van der Waals surface area contributed by atoms with Crippen molar-refractivity contribution < 1.29 is 9.47 Å². The van der Waals surface area contributed by atoms with E-state index in [1.807, 2.05) is 18.2 Å². The minimum Gasteiger partial charge on any atom is -0.490 e. The molecule has 0 heterocycles. The average Bonchev–Trinajstić information content (AvgIpc) is 2.49. The van der Waals surface area contributed by atoms with Crippen molar-refractivity contribution in [1.82, 2.24) is 10.6 Å². The number of benzene rings is 1. The van der Waals surface area contributed by atoms with E-state index in [1.54, 1.807) is 7.11 Å². The van der Waals surface area contributed by atoms with Crippen molar-refractivity contribution in [1.29, 1.82) is 0 Å². The highest BCUT2D eigenvalue weighted by Crippen LogP contribution is 2.27. The zero-order chi connectivity index (χ0) is 15.6. The van der Waals surface area contributed by atoms with E-state index in [0.717, 1.165) is 30.4 Å². The maximum atomic E-state index is 6.04. The lowest BCUT2D eigenvalue weighted by molar-refractivity contribution is 0.119. The lowest BCUT2D eigenvalue weighted by Crippen LogP contribution is -2.38. The first-order valence-electron chi connectivity index (χ1n) is 8.09. The fourth-order valence-corrected chi connectivity index (χ4v) is 2.20. The van der Waals surface area contributed by atoms with Crippen molar-refractivity contribution in [2.45, 2.75) is 38.8 Å². The first-order chi connectivity index (χ1) is 10.8. The Labute approximate surface area is 133 Å². The molecule has 0 amide bonds. The predicted molar refractivity (Wildman–Crippen MR) is 89.4 cm³/mol. The number of rotatable bonds is 8. The molecule has 1 fully saturated rings. The normalized spacial score (nSPS) is 15.3. The molecule has 5 nitrogen and oxygen atoms in total. The summed E-state index contributed by atoms with van der Waals surface area (Å²) in [6.45, 7) is 4.89. The first-order valence-corrected chi connectivity index (χ1v) is 8.09. The Morgan fingerprint density at radius 2 is 2.09 bits per heavy atom. The lowest BCUT2D eigenvalue weighted by atomic mass is 9.96. The summed E-state index contributed by atoms with van der Waals surface area (Å²) in [6.07, 6.45) is 3.99. The molecule has 0 atom stereocenters. The predicted octanol–water partition coefficient (Wildman–Crippen LogP) is 2.32. The van der Waals surface area contributed by atoms with Gasteiger partial charge in [0.2, 0.25) is 0 Å². The largest absolute Gasteiger partial charge is 0.490 e. The van der Waals surface area contributed by atoms with Crippen LogP contribution in [0.4, 0.5) is 0 Å².